The minimum atomic E-state index is -0.383. The average molecular weight is 406 g/mol. The Morgan fingerprint density at radius 3 is 2.33 bits per heavy atom. The number of tetrazole rings is 1. The summed E-state index contributed by atoms with van der Waals surface area (Å²) in [5.41, 5.74) is 1.44. The van der Waals surface area contributed by atoms with E-state index in [0.29, 0.717) is 22.7 Å². The van der Waals surface area contributed by atoms with E-state index in [1.807, 2.05) is 0 Å². The number of amides is 3. The van der Waals surface area contributed by atoms with E-state index < -0.39 is 0 Å². The smallest absolute Gasteiger partial charge is 0.261 e. The molecule has 1 aromatic heterocycles. The number of carbonyl (C=O) groups excluding carboxylic acids is 3. The van der Waals surface area contributed by atoms with Gasteiger partial charge in [0.2, 0.25) is 5.91 Å². The van der Waals surface area contributed by atoms with E-state index in [-0.39, 0.29) is 37.2 Å². The first kappa shape index (κ1) is 19.2. The van der Waals surface area contributed by atoms with Crippen LogP contribution in [0.5, 0.6) is 5.75 Å². The summed E-state index contributed by atoms with van der Waals surface area (Å²) in [4.78, 5) is 38.0. The number of benzene rings is 2. The Morgan fingerprint density at radius 2 is 1.70 bits per heavy atom. The normalized spacial score (nSPS) is 12.8. The number of hydrogen-bond acceptors (Lipinski definition) is 7. The SMILES string of the molecule is COc1ccc(-n2nnnc2CNC(=O)CCN2C(=O)c3ccccc3C2=O)cc1. The maximum Gasteiger partial charge on any atom is 0.261 e. The van der Waals surface area contributed by atoms with E-state index in [1.165, 1.54) is 4.68 Å². The summed E-state index contributed by atoms with van der Waals surface area (Å²) in [7, 11) is 1.58. The fraction of sp³-hybridized carbons (Fsp3) is 0.200. The van der Waals surface area contributed by atoms with Crippen LogP contribution in [0.1, 0.15) is 33.0 Å². The Hall–Kier alpha value is -4.08. The molecule has 4 rings (SSSR count). The number of aromatic nitrogens is 4. The molecule has 1 aliphatic rings. The molecule has 0 saturated carbocycles. The van der Waals surface area contributed by atoms with Gasteiger partial charge >= 0.3 is 0 Å². The number of nitrogens with zero attached hydrogens (tertiary/aromatic N) is 5. The largest absolute Gasteiger partial charge is 0.497 e. The fourth-order valence-corrected chi connectivity index (χ4v) is 3.16. The molecule has 0 fully saturated rings. The number of carbonyl (C=O) groups is 3. The number of imide groups is 1. The van der Waals surface area contributed by atoms with E-state index in [4.69, 9.17) is 4.74 Å². The van der Waals surface area contributed by atoms with Crippen LogP contribution in [0.3, 0.4) is 0 Å². The molecule has 0 saturated heterocycles. The van der Waals surface area contributed by atoms with Crippen LogP contribution in [0.25, 0.3) is 5.69 Å². The predicted octanol–water partition coefficient (Wildman–Crippen LogP) is 0.973. The summed E-state index contributed by atoms with van der Waals surface area (Å²) in [6.45, 7) is 0.0988. The van der Waals surface area contributed by atoms with Crippen molar-refractivity contribution in [2.24, 2.45) is 0 Å². The molecule has 0 aliphatic carbocycles. The van der Waals surface area contributed by atoms with Crippen LogP contribution in [0.15, 0.2) is 48.5 Å². The molecule has 30 heavy (non-hydrogen) atoms. The van der Waals surface area contributed by atoms with E-state index in [2.05, 4.69) is 20.8 Å². The Labute approximate surface area is 171 Å². The molecular formula is C20H18N6O4. The average Bonchev–Trinajstić information content (AvgIpc) is 3.34. The first-order valence-corrected chi connectivity index (χ1v) is 9.22. The van der Waals surface area contributed by atoms with Gasteiger partial charge in [0.15, 0.2) is 5.82 Å². The summed E-state index contributed by atoms with van der Waals surface area (Å²) >= 11 is 0. The lowest BCUT2D eigenvalue weighted by Gasteiger charge is -2.13. The molecule has 0 bridgehead atoms. The van der Waals surface area contributed by atoms with Gasteiger partial charge in [-0.2, -0.15) is 4.68 Å². The third-order valence-electron chi connectivity index (χ3n) is 4.74. The molecule has 152 valence electrons. The van der Waals surface area contributed by atoms with Crippen molar-refractivity contribution in [1.82, 2.24) is 30.4 Å². The lowest BCUT2D eigenvalue weighted by atomic mass is 10.1. The molecule has 0 atom stereocenters. The van der Waals surface area contributed by atoms with Crippen LogP contribution in [-0.2, 0) is 11.3 Å². The van der Waals surface area contributed by atoms with E-state index in [1.54, 1.807) is 55.6 Å². The van der Waals surface area contributed by atoms with Crippen LogP contribution in [0.4, 0.5) is 0 Å². The van der Waals surface area contributed by atoms with Gasteiger partial charge in [-0.3, -0.25) is 19.3 Å². The highest BCUT2D eigenvalue weighted by atomic mass is 16.5. The number of fused-ring (bicyclic) bond motifs is 1. The molecule has 1 N–H and O–H groups in total. The monoisotopic (exact) mass is 406 g/mol. The minimum absolute atomic E-state index is 0.00159. The third kappa shape index (κ3) is 3.62. The Bertz CT molecular complexity index is 1070. The second kappa shape index (κ2) is 8.11. The van der Waals surface area contributed by atoms with Crippen molar-refractivity contribution >= 4 is 17.7 Å². The van der Waals surface area contributed by atoms with Gasteiger partial charge in [0.25, 0.3) is 11.8 Å². The number of nitrogens with one attached hydrogen (secondary N) is 1. The van der Waals surface area contributed by atoms with E-state index >= 15 is 0 Å². The number of rotatable bonds is 7. The Morgan fingerprint density at radius 1 is 1.03 bits per heavy atom. The zero-order valence-corrected chi connectivity index (χ0v) is 16.1. The first-order valence-electron chi connectivity index (χ1n) is 9.22. The van der Waals surface area contributed by atoms with Crippen LogP contribution in [-0.4, -0.2) is 56.5 Å². The molecule has 1 aliphatic heterocycles. The summed E-state index contributed by atoms with van der Waals surface area (Å²) < 4.78 is 6.63. The molecular weight excluding hydrogens is 388 g/mol. The van der Waals surface area contributed by atoms with Crippen molar-refractivity contribution < 1.29 is 19.1 Å². The van der Waals surface area contributed by atoms with Gasteiger partial charge in [-0.15, -0.1) is 5.10 Å². The van der Waals surface area contributed by atoms with Gasteiger partial charge in [0.05, 0.1) is 30.5 Å². The lowest BCUT2D eigenvalue weighted by molar-refractivity contribution is -0.121. The minimum Gasteiger partial charge on any atom is -0.497 e. The van der Waals surface area contributed by atoms with Crippen LogP contribution in [0, 0.1) is 0 Å². The van der Waals surface area contributed by atoms with Crippen molar-refractivity contribution in [1.29, 1.82) is 0 Å². The number of methoxy groups -OCH3 is 1. The fourth-order valence-electron chi connectivity index (χ4n) is 3.16. The molecule has 2 aromatic carbocycles. The topological polar surface area (TPSA) is 119 Å². The van der Waals surface area contributed by atoms with Crippen LogP contribution < -0.4 is 10.1 Å². The van der Waals surface area contributed by atoms with E-state index in [9.17, 15) is 14.4 Å². The summed E-state index contributed by atoms with van der Waals surface area (Å²) in [5, 5.41) is 14.2. The van der Waals surface area contributed by atoms with E-state index in [0.717, 1.165) is 10.6 Å². The maximum atomic E-state index is 12.3. The van der Waals surface area contributed by atoms with Crippen molar-refractivity contribution in [3.8, 4) is 11.4 Å². The molecule has 10 heteroatoms. The molecule has 10 nitrogen and oxygen atoms in total. The van der Waals surface area contributed by atoms with Crippen molar-refractivity contribution in [2.75, 3.05) is 13.7 Å². The zero-order chi connectivity index (χ0) is 21.1. The summed E-state index contributed by atoms with van der Waals surface area (Å²) in [6.07, 6.45) is -0.0183. The highest BCUT2D eigenvalue weighted by Crippen LogP contribution is 2.22. The van der Waals surface area contributed by atoms with Crippen molar-refractivity contribution in [3.05, 3.63) is 65.5 Å². The summed E-state index contributed by atoms with van der Waals surface area (Å²) in [6, 6.07) is 13.8. The number of hydrogen-bond donors (Lipinski definition) is 1. The predicted molar refractivity (Wildman–Crippen MR) is 104 cm³/mol. The molecule has 0 spiro atoms. The third-order valence-corrected chi connectivity index (χ3v) is 4.74. The molecule has 3 aromatic rings. The van der Waals surface area contributed by atoms with Gasteiger partial charge in [-0.1, -0.05) is 12.1 Å². The quantitative estimate of drug-likeness (QED) is 0.581. The van der Waals surface area contributed by atoms with Crippen LogP contribution in [0.2, 0.25) is 0 Å². The highest BCUT2D eigenvalue weighted by molar-refractivity contribution is 6.21. The van der Waals surface area contributed by atoms with Crippen molar-refractivity contribution in [2.45, 2.75) is 13.0 Å². The Kier molecular flexibility index (Phi) is 5.21. The first-order chi connectivity index (χ1) is 14.6. The zero-order valence-electron chi connectivity index (χ0n) is 16.1. The highest BCUT2D eigenvalue weighted by Gasteiger charge is 2.34. The lowest BCUT2D eigenvalue weighted by Crippen LogP contribution is -2.34. The second-order valence-electron chi connectivity index (χ2n) is 6.54. The molecule has 0 unspecified atom stereocenters. The second-order valence-corrected chi connectivity index (χ2v) is 6.54. The maximum absolute atomic E-state index is 12.3. The number of ether oxygens (including phenoxy) is 1. The van der Waals surface area contributed by atoms with Gasteiger partial charge in [0.1, 0.15) is 5.75 Å². The molecule has 3 amide bonds. The van der Waals surface area contributed by atoms with Gasteiger partial charge < -0.3 is 10.1 Å². The van der Waals surface area contributed by atoms with Gasteiger partial charge in [-0.05, 0) is 46.8 Å². The van der Waals surface area contributed by atoms with Gasteiger partial charge in [0, 0.05) is 13.0 Å². The summed E-state index contributed by atoms with van der Waals surface area (Å²) in [5.74, 6) is 0.0543. The standard InChI is InChI=1S/C20H18N6O4/c1-30-14-8-6-13(7-9-14)26-17(22-23-24-26)12-21-18(27)10-11-25-19(28)15-4-2-3-5-16(15)20(25)29/h2-9H,10-12H2,1H3,(H,21,27). The van der Waals surface area contributed by atoms with Crippen LogP contribution >= 0.6 is 0 Å². The molecule has 0 radical (unpaired) electrons. The Balaban J connectivity index is 1.34. The van der Waals surface area contributed by atoms with Crippen molar-refractivity contribution in [3.63, 3.8) is 0 Å². The van der Waals surface area contributed by atoms with Gasteiger partial charge in [-0.25, -0.2) is 0 Å². The molecule has 2 heterocycles.